The van der Waals surface area contributed by atoms with E-state index in [1.54, 1.807) is 95.5 Å². The van der Waals surface area contributed by atoms with E-state index in [-0.39, 0.29) is 74.7 Å². The van der Waals surface area contributed by atoms with E-state index in [0.29, 0.717) is 24.2 Å². The quantitative estimate of drug-likeness (QED) is 0.0802. The first-order valence-corrected chi connectivity index (χ1v) is 27.9. The average molecular weight is 1280 g/mol. The van der Waals surface area contributed by atoms with Gasteiger partial charge in [-0.1, -0.05) is 283 Å². The molecule has 12 heteroatoms. The summed E-state index contributed by atoms with van der Waals surface area (Å²) in [6.07, 6.45) is 0.908. The Hall–Kier alpha value is -4.21. The Kier molecular flexibility index (Phi) is 40.9. The fourth-order valence-corrected chi connectivity index (χ4v) is 7.65. The van der Waals surface area contributed by atoms with Crippen molar-refractivity contribution in [2.24, 2.45) is 9.98 Å². The summed E-state index contributed by atoms with van der Waals surface area (Å²) in [4.78, 5) is 9.45. The molecule has 0 aliphatic heterocycles. The summed E-state index contributed by atoms with van der Waals surface area (Å²) in [6.45, 7) is 37.3. The molecule has 6 aromatic rings. The Balaban J connectivity index is -0.00000204. The summed E-state index contributed by atoms with van der Waals surface area (Å²) in [6, 6.07) is 49.3. The van der Waals surface area contributed by atoms with Crippen molar-refractivity contribution in [1.82, 2.24) is 0 Å². The van der Waals surface area contributed by atoms with Gasteiger partial charge in [-0.25, -0.2) is 0 Å². The zero-order chi connectivity index (χ0) is 61.6. The Bertz CT molecular complexity index is 2420. The maximum absolute atomic E-state index is 14.2. The van der Waals surface area contributed by atoms with Crippen LogP contribution >= 0.6 is 0 Å². The van der Waals surface area contributed by atoms with Gasteiger partial charge in [0.05, 0.1) is 13.1 Å². The first-order chi connectivity index (χ1) is 37.0. The predicted molar refractivity (Wildman–Crippen MR) is 322 cm³/mol. The van der Waals surface area contributed by atoms with Gasteiger partial charge in [0.25, 0.3) is 0 Å². The van der Waals surface area contributed by atoms with Gasteiger partial charge in [-0.3, -0.25) is 9.98 Å². The van der Waals surface area contributed by atoms with E-state index < -0.39 is 47.5 Å². The molecule has 442 valence electrons. The molecule has 82 heavy (non-hydrogen) atoms. The molecule has 0 unspecified atom stereocenters. The molecular weight excluding hydrogens is 1180 g/mol. The van der Waals surface area contributed by atoms with Crippen molar-refractivity contribution in [2.45, 2.75) is 197 Å². The SMILES string of the molecule is CC(C)(c1ccccc1)c1cc(C=NCCN=Cc2cc(C(C)(C)c3ccccc3)cc(C(C)(C)c3ccccc3)c2[O-])c([O-])c(C(C)(C)c2ccccc2)c1.CC(C)[O-].CC(C)[O-].CC(C)[O-].CC(C)[O-].CC(C)[O-].CC(C)[O-].[Zr+4].[Zr+4]. The number of benzene rings is 6. The van der Waals surface area contributed by atoms with Crippen LogP contribution in [0, 0.1) is 0 Å². The van der Waals surface area contributed by atoms with Crippen molar-refractivity contribution >= 4 is 12.4 Å². The molecule has 0 amide bonds. The van der Waals surface area contributed by atoms with E-state index in [0.717, 1.165) is 33.4 Å². The molecule has 0 N–H and O–H groups in total. The predicted octanol–water partition coefficient (Wildman–Crippen LogP) is 9.20. The fraction of sp³-hybridized carbons (Fsp3) is 0.457. The van der Waals surface area contributed by atoms with Crippen LogP contribution in [0.4, 0.5) is 0 Å². The van der Waals surface area contributed by atoms with Gasteiger partial charge in [-0.15, -0.1) is 36.6 Å². The largest absolute Gasteiger partial charge is 4.00 e. The van der Waals surface area contributed by atoms with E-state index in [4.69, 9.17) is 9.98 Å². The molecule has 0 aromatic heterocycles. The Labute approximate surface area is 534 Å². The molecule has 0 aliphatic rings. The summed E-state index contributed by atoms with van der Waals surface area (Å²) >= 11 is 0. The van der Waals surface area contributed by atoms with Crippen LogP contribution in [0.3, 0.4) is 0 Å². The number of rotatable bonds is 13. The second-order valence-electron chi connectivity index (χ2n) is 23.2. The fourth-order valence-electron chi connectivity index (χ4n) is 7.65. The molecule has 0 fully saturated rings. The molecule has 0 atom stereocenters. The van der Waals surface area contributed by atoms with Crippen LogP contribution in [0.15, 0.2) is 156 Å². The van der Waals surface area contributed by atoms with Crippen LogP contribution in [-0.4, -0.2) is 62.1 Å². The van der Waals surface area contributed by atoms with Gasteiger partial charge < -0.3 is 40.9 Å². The van der Waals surface area contributed by atoms with Crippen LogP contribution in [0.1, 0.15) is 194 Å². The number of hydrogen-bond donors (Lipinski definition) is 0. The molecule has 6 aromatic carbocycles. The van der Waals surface area contributed by atoms with Crippen LogP contribution in [0.2, 0.25) is 0 Å². The van der Waals surface area contributed by atoms with Crippen LogP contribution in [0.25, 0.3) is 0 Å². The molecule has 0 heterocycles. The minimum Gasteiger partial charge on any atom is -0.872 e. The monoisotopic (exact) mass is 1270 g/mol. The first-order valence-electron chi connectivity index (χ1n) is 27.9. The molecule has 0 bridgehead atoms. The van der Waals surface area contributed by atoms with Gasteiger partial charge in [-0.2, -0.15) is 0 Å². The van der Waals surface area contributed by atoms with Crippen molar-refractivity contribution in [2.75, 3.05) is 13.1 Å². The van der Waals surface area contributed by atoms with Crippen molar-refractivity contribution in [3.63, 3.8) is 0 Å². The molecule has 0 spiro atoms. The summed E-state index contributed by atoms with van der Waals surface area (Å²) in [5.41, 5.74) is 7.43. The maximum Gasteiger partial charge on any atom is 4.00 e. The minimum absolute atomic E-state index is 0. The first kappa shape index (κ1) is 82.0. The van der Waals surface area contributed by atoms with Gasteiger partial charge in [0.15, 0.2) is 0 Å². The van der Waals surface area contributed by atoms with Gasteiger partial charge in [-0.05, 0) is 67.8 Å². The molecule has 10 nitrogen and oxygen atoms in total. The zero-order valence-corrected chi connectivity index (χ0v) is 58.0. The smallest absolute Gasteiger partial charge is 0.872 e. The number of aliphatic imine (C=N–C) groups is 2. The molecule has 0 saturated carbocycles. The molecular formula is C70H96N2O8Zr2. The zero-order valence-electron chi connectivity index (χ0n) is 53.0. The normalized spacial score (nSPS) is 11.4. The Morgan fingerprint density at radius 1 is 0.317 bits per heavy atom. The number of nitrogens with zero attached hydrogens (tertiary/aromatic N) is 2. The van der Waals surface area contributed by atoms with E-state index >= 15 is 0 Å². The van der Waals surface area contributed by atoms with Crippen molar-refractivity contribution in [1.29, 1.82) is 0 Å². The van der Waals surface area contributed by atoms with Crippen LogP contribution in [0.5, 0.6) is 11.5 Å². The summed E-state index contributed by atoms with van der Waals surface area (Å²) in [5.74, 6) is -0.0535. The minimum atomic E-state index is -0.526. The molecule has 6 rings (SSSR count). The third kappa shape index (κ3) is 31.1. The van der Waals surface area contributed by atoms with E-state index in [1.807, 2.05) is 60.7 Å². The van der Waals surface area contributed by atoms with Crippen LogP contribution < -0.4 is 40.9 Å². The van der Waals surface area contributed by atoms with Gasteiger partial charge in [0.1, 0.15) is 0 Å². The van der Waals surface area contributed by atoms with E-state index in [9.17, 15) is 40.9 Å². The Morgan fingerprint density at radius 2 is 0.500 bits per heavy atom. The summed E-state index contributed by atoms with van der Waals surface area (Å²) < 4.78 is 0. The number of hydrogen-bond acceptors (Lipinski definition) is 10. The van der Waals surface area contributed by atoms with E-state index in [1.165, 1.54) is 11.1 Å². The summed E-state index contributed by atoms with van der Waals surface area (Å²) in [5, 5.41) is 85.6. The molecule has 0 saturated heterocycles. The third-order valence-electron chi connectivity index (χ3n) is 11.8. The molecule has 0 radical (unpaired) electrons. The van der Waals surface area contributed by atoms with Gasteiger partial charge >= 0.3 is 52.4 Å². The second-order valence-corrected chi connectivity index (χ2v) is 23.2. The van der Waals surface area contributed by atoms with Crippen molar-refractivity contribution in [3.05, 3.63) is 201 Å². The Morgan fingerprint density at radius 3 is 0.695 bits per heavy atom. The average Bonchev–Trinajstić information content (AvgIpc) is 3.35. The van der Waals surface area contributed by atoms with Gasteiger partial charge in [0.2, 0.25) is 0 Å². The summed E-state index contributed by atoms with van der Waals surface area (Å²) in [7, 11) is 0. The van der Waals surface area contributed by atoms with Gasteiger partial charge in [0, 0.05) is 34.1 Å². The second kappa shape index (κ2) is 40.9. The maximum atomic E-state index is 14.2. The van der Waals surface area contributed by atoms with Crippen LogP contribution in [-0.2, 0) is 74.1 Å². The van der Waals surface area contributed by atoms with Crippen molar-refractivity contribution < 1.29 is 93.3 Å². The molecule has 0 aliphatic carbocycles. The van der Waals surface area contributed by atoms with E-state index in [2.05, 4.69) is 140 Å². The third-order valence-corrected chi connectivity index (χ3v) is 11.8. The topological polar surface area (TPSA) is 209 Å². The standard InChI is InChI=1S/C52H56N2O2.6C3H7O.2Zr/c1-49(2,39-21-13-9-14-22-39)43-31-37(47(55)45(33-43)51(5,6)41-25-17-11-18-26-41)35-53-29-30-54-36-38-32-44(50(3,4)40-23-15-10-16-24-40)34-46(48(38)56)52(7,8)42-27-19-12-20-28-42;6*1-3(2)4;;/h9-28,31-36,55-56H,29-30H2,1-8H3;6*3H,1-2H3;;/q;6*-1;2*+4/p-2. The van der Waals surface area contributed by atoms with Crippen molar-refractivity contribution in [3.8, 4) is 11.5 Å².